The molecule has 2 heteroatoms. The Kier molecular flexibility index (Phi) is 4.19. The van der Waals surface area contributed by atoms with Gasteiger partial charge in [0.25, 0.3) is 0 Å². The van der Waals surface area contributed by atoms with Crippen molar-refractivity contribution >= 4 is 0 Å². The largest absolute Gasteiger partial charge is 0.326 e. The second-order valence-electron chi connectivity index (χ2n) is 6.31. The molecule has 2 nitrogen and oxygen atoms in total. The third-order valence-corrected chi connectivity index (χ3v) is 4.14. The summed E-state index contributed by atoms with van der Waals surface area (Å²) in [6.45, 7) is 11.0. The Hall–Kier alpha value is -0.0800. The first kappa shape index (κ1) is 13.0. The maximum Gasteiger partial charge on any atom is 0.0214 e. The lowest BCUT2D eigenvalue weighted by Crippen LogP contribution is -2.47. The molecule has 0 aromatic carbocycles. The van der Waals surface area contributed by atoms with Crippen LogP contribution in [0.2, 0.25) is 0 Å². The van der Waals surface area contributed by atoms with Crippen molar-refractivity contribution in [2.24, 2.45) is 16.6 Å². The highest BCUT2D eigenvalue weighted by Crippen LogP contribution is 2.43. The Balaban J connectivity index is 2.21. The van der Waals surface area contributed by atoms with E-state index < -0.39 is 0 Å². The Morgan fingerprint density at radius 2 is 1.93 bits per heavy atom. The van der Waals surface area contributed by atoms with E-state index in [1.54, 1.807) is 0 Å². The average Bonchev–Trinajstić information content (AvgIpc) is 2.07. The fourth-order valence-corrected chi connectivity index (χ4v) is 2.13. The van der Waals surface area contributed by atoms with Crippen molar-refractivity contribution in [2.75, 3.05) is 13.1 Å². The highest BCUT2D eigenvalue weighted by Gasteiger charge is 2.34. The lowest BCUT2D eigenvalue weighted by molar-refractivity contribution is 0.121. The van der Waals surface area contributed by atoms with Crippen LogP contribution in [-0.4, -0.2) is 19.1 Å². The normalized spacial score (nSPS) is 22.2. The molecule has 1 atom stereocenters. The molecule has 1 rings (SSSR count). The van der Waals surface area contributed by atoms with Crippen LogP contribution in [0.1, 0.15) is 53.4 Å². The van der Waals surface area contributed by atoms with Gasteiger partial charge in [-0.25, -0.2) is 0 Å². The molecule has 0 aromatic heterocycles. The van der Waals surface area contributed by atoms with Gasteiger partial charge in [-0.15, -0.1) is 0 Å². The minimum Gasteiger partial charge on any atom is -0.326 e. The zero-order chi connectivity index (χ0) is 11.5. The number of rotatable bonds is 5. The van der Waals surface area contributed by atoms with Crippen LogP contribution in [0.15, 0.2) is 0 Å². The third-order valence-electron chi connectivity index (χ3n) is 4.14. The maximum atomic E-state index is 6.12. The molecule has 0 spiro atoms. The average molecular weight is 212 g/mol. The van der Waals surface area contributed by atoms with E-state index in [2.05, 4.69) is 33.0 Å². The molecule has 15 heavy (non-hydrogen) atoms. The van der Waals surface area contributed by atoms with Crippen molar-refractivity contribution < 1.29 is 0 Å². The fourth-order valence-electron chi connectivity index (χ4n) is 2.13. The van der Waals surface area contributed by atoms with Crippen molar-refractivity contribution in [2.45, 2.75) is 59.4 Å². The summed E-state index contributed by atoms with van der Waals surface area (Å²) in [6, 6.07) is 0.256. The van der Waals surface area contributed by atoms with Crippen LogP contribution in [0, 0.1) is 10.8 Å². The first-order valence-electron chi connectivity index (χ1n) is 6.36. The van der Waals surface area contributed by atoms with Crippen LogP contribution in [0.25, 0.3) is 0 Å². The van der Waals surface area contributed by atoms with Crippen LogP contribution < -0.4 is 11.1 Å². The van der Waals surface area contributed by atoms with E-state index in [1.807, 2.05) is 0 Å². The zero-order valence-electron chi connectivity index (χ0n) is 10.9. The van der Waals surface area contributed by atoms with Gasteiger partial charge in [0, 0.05) is 19.1 Å². The van der Waals surface area contributed by atoms with Crippen molar-refractivity contribution in [3.63, 3.8) is 0 Å². The summed E-state index contributed by atoms with van der Waals surface area (Å²) in [7, 11) is 0. The van der Waals surface area contributed by atoms with Crippen molar-refractivity contribution in [3.05, 3.63) is 0 Å². The molecule has 0 radical (unpaired) electrons. The highest BCUT2D eigenvalue weighted by atomic mass is 14.9. The fraction of sp³-hybridized carbons (Fsp3) is 1.00. The van der Waals surface area contributed by atoms with E-state index >= 15 is 0 Å². The molecular weight excluding hydrogens is 184 g/mol. The summed E-state index contributed by atoms with van der Waals surface area (Å²) < 4.78 is 0. The van der Waals surface area contributed by atoms with Crippen LogP contribution in [0.3, 0.4) is 0 Å². The molecule has 0 aromatic rings. The van der Waals surface area contributed by atoms with Crippen molar-refractivity contribution in [1.82, 2.24) is 5.32 Å². The third kappa shape index (κ3) is 3.46. The number of nitrogens with two attached hydrogens (primary N) is 1. The standard InChI is InChI=1S/C13H28N2/c1-5-13(7-6-8-13)10-15-9-11(14)12(2,3)4/h11,15H,5-10,14H2,1-4H3. The Bertz CT molecular complexity index is 184. The molecule has 1 saturated carbocycles. The van der Waals surface area contributed by atoms with Gasteiger partial charge < -0.3 is 11.1 Å². The van der Waals surface area contributed by atoms with Gasteiger partial charge in [0.2, 0.25) is 0 Å². The molecule has 0 aliphatic heterocycles. The van der Waals surface area contributed by atoms with Gasteiger partial charge in [-0.05, 0) is 30.1 Å². The van der Waals surface area contributed by atoms with Gasteiger partial charge in [-0.2, -0.15) is 0 Å². The summed E-state index contributed by atoms with van der Waals surface area (Å²) in [4.78, 5) is 0. The van der Waals surface area contributed by atoms with Gasteiger partial charge in [-0.3, -0.25) is 0 Å². The smallest absolute Gasteiger partial charge is 0.0214 e. The van der Waals surface area contributed by atoms with Gasteiger partial charge in [0.15, 0.2) is 0 Å². The van der Waals surface area contributed by atoms with Crippen LogP contribution in [0.5, 0.6) is 0 Å². The van der Waals surface area contributed by atoms with Gasteiger partial charge in [-0.1, -0.05) is 34.1 Å². The van der Waals surface area contributed by atoms with Crippen LogP contribution >= 0.6 is 0 Å². The molecule has 1 aliphatic carbocycles. The summed E-state index contributed by atoms with van der Waals surface area (Å²) in [5.74, 6) is 0. The number of nitrogens with one attached hydrogen (secondary N) is 1. The van der Waals surface area contributed by atoms with E-state index in [9.17, 15) is 0 Å². The second-order valence-corrected chi connectivity index (χ2v) is 6.31. The van der Waals surface area contributed by atoms with E-state index in [-0.39, 0.29) is 11.5 Å². The predicted octanol–water partition coefficient (Wildman–Crippen LogP) is 2.53. The Labute approximate surface area is 95.0 Å². The lowest BCUT2D eigenvalue weighted by Gasteiger charge is -2.42. The molecule has 1 aliphatic rings. The molecule has 1 fully saturated rings. The van der Waals surface area contributed by atoms with Crippen molar-refractivity contribution in [1.29, 1.82) is 0 Å². The maximum absolute atomic E-state index is 6.12. The zero-order valence-corrected chi connectivity index (χ0v) is 10.9. The van der Waals surface area contributed by atoms with Crippen LogP contribution in [0.4, 0.5) is 0 Å². The van der Waals surface area contributed by atoms with Crippen molar-refractivity contribution in [3.8, 4) is 0 Å². The molecule has 0 bridgehead atoms. The Morgan fingerprint density at radius 1 is 1.33 bits per heavy atom. The molecule has 90 valence electrons. The van der Waals surface area contributed by atoms with E-state index in [1.165, 1.54) is 25.7 Å². The first-order chi connectivity index (χ1) is 6.90. The van der Waals surface area contributed by atoms with E-state index in [4.69, 9.17) is 5.73 Å². The molecular formula is C13H28N2. The number of hydrogen-bond acceptors (Lipinski definition) is 2. The Morgan fingerprint density at radius 3 is 2.27 bits per heavy atom. The van der Waals surface area contributed by atoms with E-state index in [0.29, 0.717) is 5.41 Å². The summed E-state index contributed by atoms with van der Waals surface area (Å²) in [6.07, 6.45) is 5.54. The molecule has 3 N–H and O–H groups in total. The molecule has 0 amide bonds. The molecule has 1 unspecified atom stereocenters. The number of hydrogen-bond donors (Lipinski definition) is 2. The van der Waals surface area contributed by atoms with Crippen LogP contribution in [-0.2, 0) is 0 Å². The highest BCUT2D eigenvalue weighted by molar-refractivity contribution is 4.89. The minimum absolute atomic E-state index is 0.214. The summed E-state index contributed by atoms with van der Waals surface area (Å²) in [5.41, 5.74) is 6.94. The molecule has 0 saturated heterocycles. The predicted molar refractivity (Wildman–Crippen MR) is 66.9 cm³/mol. The van der Waals surface area contributed by atoms with Gasteiger partial charge in [0.05, 0.1) is 0 Å². The first-order valence-corrected chi connectivity index (χ1v) is 6.36. The van der Waals surface area contributed by atoms with Gasteiger partial charge in [0.1, 0.15) is 0 Å². The molecule has 0 heterocycles. The summed E-state index contributed by atoms with van der Waals surface area (Å²) >= 11 is 0. The lowest BCUT2D eigenvalue weighted by atomic mass is 9.67. The quantitative estimate of drug-likeness (QED) is 0.735. The monoisotopic (exact) mass is 212 g/mol. The van der Waals surface area contributed by atoms with Gasteiger partial charge >= 0.3 is 0 Å². The topological polar surface area (TPSA) is 38.0 Å². The second kappa shape index (κ2) is 4.84. The summed E-state index contributed by atoms with van der Waals surface area (Å²) in [5, 5.41) is 3.56. The minimum atomic E-state index is 0.214. The SMILES string of the molecule is CCC1(CNCC(N)C(C)(C)C)CCC1. The van der Waals surface area contributed by atoms with E-state index in [0.717, 1.165) is 13.1 Å².